The van der Waals surface area contributed by atoms with Gasteiger partial charge in [-0.3, -0.25) is 4.98 Å². The van der Waals surface area contributed by atoms with E-state index in [2.05, 4.69) is 4.98 Å². The Hall–Kier alpha value is -1.18. The lowest BCUT2D eigenvalue weighted by atomic mass is 10.2. The van der Waals surface area contributed by atoms with E-state index in [-0.39, 0.29) is 0 Å². The largest absolute Gasteiger partial charge is 0.308 e. The van der Waals surface area contributed by atoms with Gasteiger partial charge >= 0.3 is 0 Å². The van der Waals surface area contributed by atoms with E-state index in [1.807, 2.05) is 13.0 Å². The molecule has 0 aromatic carbocycles. The van der Waals surface area contributed by atoms with E-state index < -0.39 is 0 Å². The zero-order valence-electron chi connectivity index (χ0n) is 5.26. The van der Waals surface area contributed by atoms with Crippen LogP contribution in [0.3, 0.4) is 0 Å². The minimum atomic E-state index is 0.905. The SMILES string of the molecule is Cc1cc(C=N)ccn1. The standard InChI is InChI=1S/C7H8N2/c1-6-4-7(5-8)2-3-9-6/h2-5,8H,1H3. The highest BCUT2D eigenvalue weighted by Crippen LogP contribution is 1.95. The van der Waals surface area contributed by atoms with Crippen molar-refractivity contribution in [1.82, 2.24) is 4.98 Å². The molecule has 1 rings (SSSR count). The van der Waals surface area contributed by atoms with Crippen LogP contribution < -0.4 is 0 Å². The summed E-state index contributed by atoms with van der Waals surface area (Å²) in [5.74, 6) is 0. The molecular formula is C7H8N2. The van der Waals surface area contributed by atoms with Crippen molar-refractivity contribution >= 4 is 6.21 Å². The Labute approximate surface area is 54.1 Å². The molecule has 1 N–H and O–H groups in total. The van der Waals surface area contributed by atoms with E-state index in [1.54, 1.807) is 12.3 Å². The van der Waals surface area contributed by atoms with Crippen LogP contribution >= 0.6 is 0 Å². The summed E-state index contributed by atoms with van der Waals surface area (Å²) in [5.41, 5.74) is 1.86. The number of rotatable bonds is 1. The zero-order valence-corrected chi connectivity index (χ0v) is 5.26. The van der Waals surface area contributed by atoms with Gasteiger partial charge < -0.3 is 5.41 Å². The van der Waals surface area contributed by atoms with Crippen molar-refractivity contribution in [1.29, 1.82) is 5.41 Å². The molecule has 0 aliphatic rings. The first-order valence-electron chi connectivity index (χ1n) is 2.76. The molecule has 0 atom stereocenters. The van der Waals surface area contributed by atoms with Gasteiger partial charge in [-0.05, 0) is 24.6 Å². The molecule has 0 fully saturated rings. The van der Waals surface area contributed by atoms with Gasteiger partial charge in [0.25, 0.3) is 0 Å². The lowest BCUT2D eigenvalue weighted by molar-refractivity contribution is 1.20. The van der Waals surface area contributed by atoms with E-state index in [9.17, 15) is 0 Å². The van der Waals surface area contributed by atoms with Crippen LogP contribution in [0.5, 0.6) is 0 Å². The average Bonchev–Trinajstić information content (AvgIpc) is 1.88. The first kappa shape index (κ1) is 5.95. The second-order valence-electron chi connectivity index (χ2n) is 1.87. The highest BCUT2D eigenvalue weighted by atomic mass is 14.6. The van der Waals surface area contributed by atoms with Gasteiger partial charge in [0.05, 0.1) is 0 Å². The Morgan fingerprint density at radius 3 is 2.89 bits per heavy atom. The molecule has 2 nitrogen and oxygen atoms in total. The molecule has 1 aromatic heterocycles. The van der Waals surface area contributed by atoms with Gasteiger partial charge in [-0.15, -0.1) is 0 Å². The molecule has 1 heterocycles. The van der Waals surface area contributed by atoms with Crippen LogP contribution in [0.2, 0.25) is 0 Å². The van der Waals surface area contributed by atoms with Gasteiger partial charge in [0, 0.05) is 18.1 Å². The van der Waals surface area contributed by atoms with Crippen LogP contribution in [0.15, 0.2) is 18.3 Å². The molecule has 0 aliphatic carbocycles. The Kier molecular flexibility index (Phi) is 1.58. The summed E-state index contributed by atoms with van der Waals surface area (Å²) < 4.78 is 0. The minimum Gasteiger partial charge on any atom is -0.308 e. The number of pyridine rings is 1. The van der Waals surface area contributed by atoms with E-state index in [1.165, 1.54) is 6.21 Å². The van der Waals surface area contributed by atoms with Crippen LogP contribution in [-0.4, -0.2) is 11.2 Å². The molecule has 0 aliphatic heterocycles. The van der Waals surface area contributed by atoms with Crippen molar-refractivity contribution in [2.75, 3.05) is 0 Å². The summed E-state index contributed by atoms with van der Waals surface area (Å²) in [4.78, 5) is 3.98. The monoisotopic (exact) mass is 120 g/mol. The number of aryl methyl sites for hydroxylation is 1. The Balaban J connectivity index is 3.07. The van der Waals surface area contributed by atoms with Crippen LogP contribution in [0.4, 0.5) is 0 Å². The van der Waals surface area contributed by atoms with Gasteiger partial charge in [0.15, 0.2) is 0 Å². The third kappa shape index (κ3) is 1.35. The fourth-order valence-corrected chi connectivity index (χ4v) is 0.657. The molecule has 1 aromatic rings. The Bertz CT molecular complexity index is 218. The number of aromatic nitrogens is 1. The summed E-state index contributed by atoms with van der Waals surface area (Å²) in [6, 6.07) is 3.67. The predicted octanol–water partition coefficient (Wildman–Crippen LogP) is 1.39. The van der Waals surface area contributed by atoms with Gasteiger partial charge in [-0.25, -0.2) is 0 Å². The molecule has 0 radical (unpaired) electrons. The maximum atomic E-state index is 6.89. The fourth-order valence-electron chi connectivity index (χ4n) is 0.657. The van der Waals surface area contributed by atoms with E-state index >= 15 is 0 Å². The normalized spacial score (nSPS) is 9.00. The summed E-state index contributed by atoms with van der Waals surface area (Å²) in [6.45, 7) is 1.91. The van der Waals surface area contributed by atoms with Gasteiger partial charge in [-0.1, -0.05) is 0 Å². The third-order valence-electron chi connectivity index (χ3n) is 1.09. The highest BCUT2D eigenvalue weighted by molar-refractivity contribution is 5.76. The van der Waals surface area contributed by atoms with Crippen molar-refractivity contribution in [3.63, 3.8) is 0 Å². The van der Waals surface area contributed by atoms with E-state index in [4.69, 9.17) is 5.41 Å². The van der Waals surface area contributed by atoms with E-state index in [0.29, 0.717) is 0 Å². The van der Waals surface area contributed by atoms with Crippen molar-refractivity contribution in [3.05, 3.63) is 29.6 Å². The molecule has 9 heavy (non-hydrogen) atoms. The maximum Gasteiger partial charge on any atom is 0.0379 e. The van der Waals surface area contributed by atoms with Gasteiger partial charge in [0.1, 0.15) is 0 Å². The second-order valence-corrected chi connectivity index (χ2v) is 1.87. The molecule has 0 bridgehead atoms. The molecule has 0 saturated heterocycles. The molecule has 0 spiro atoms. The number of hydrogen-bond acceptors (Lipinski definition) is 2. The molecule has 0 amide bonds. The number of nitrogens with zero attached hydrogens (tertiary/aromatic N) is 1. The Morgan fingerprint density at radius 1 is 1.67 bits per heavy atom. The number of nitrogens with one attached hydrogen (secondary N) is 1. The molecule has 2 heteroatoms. The first-order valence-corrected chi connectivity index (χ1v) is 2.76. The van der Waals surface area contributed by atoms with Crippen LogP contribution in [0, 0.1) is 12.3 Å². The van der Waals surface area contributed by atoms with Crippen LogP contribution in [0.25, 0.3) is 0 Å². The summed E-state index contributed by atoms with van der Waals surface area (Å²) in [7, 11) is 0. The second kappa shape index (κ2) is 2.40. The predicted molar refractivity (Wildman–Crippen MR) is 36.9 cm³/mol. The summed E-state index contributed by atoms with van der Waals surface area (Å²) >= 11 is 0. The van der Waals surface area contributed by atoms with Crippen molar-refractivity contribution in [3.8, 4) is 0 Å². The highest BCUT2D eigenvalue weighted by Gasteiger charge is 1.85. The van der Waals surface area contributed by atoms with E-state index in [0.717, 1.165) is 11.3 Å². The van der Waals surface area contributed by atoms with Gasteiger partial charge in [0.2, 0.25) is 0 Å². The zero-order chi connectivity index (χ0) is 6.69. The van der Waals surface area contributed by atoms with Crippen molar-refractivity contribution in [2.24, 2.45) is 0 Å². The topological polar surface area (TPSA) is 36.7 Å². The third-order valence-corrected chi connectivity index (χ3v) is 1.09. The van der Waals surface area contributed by atoms with Crippen molar-refractivity contribution < 1.29 is 0 Å². The first-order chi connectivity index (χ1) is 4.33. The molecular weight excluding hydrogens is 112 g/mol. The average molecular weight is 120 g/mol. The molecule has 46 valence electrons. The maximum absolute atomic E-state index is 6.89. The fraction of sp³-hybridized carbons (Fsp3) is 0.143. The number of hydrogen-bond donors (Lipinski definition) is 1. The molecule has 0 unspecified atom stereocenters. The van der Waals surface area contributed by atoms with Crippen molar-refractivity contribution in [2.45, 2.75) is 6.92 Å². The van der Waals surface area contributed by atoms with Gasteiger partial charge in [-0.2, -0.15) is 0 Å². The quantitative estimate of drug-likeness (QED) is 0.558. The van der Waals surface area contributed by atoms with Crippen LogP contribution in [-0.2, 0) is 0 Å². The minimum absolute atomic E-state index is 0.905. The van der Waals surface area contributed by atoms with Crippen LogP contribution in [0.1, 0.15) is 11.3 Å². The lowest BCUT2D eigenvalue weighted by Gasteiger charge is -1.90. The summed E-state index contributed by atoms with van der Waals surface area (Å²) in [6.07, 6.45) is 3.02. The summed E-state index contributed by atoms with van der Waals surface area (Å²) in [5, 5.41) is 6.89. The Morgan fingerprint density at radius 2 is 2.44 bits per heavy atom. The molecule has 0 saturated carbocycles. The smallest absolute Gasteiger partial charge is 0.0379 e. The lowest BCUT2D eigenvalue weighted by Crippen LogP contribution is -1.83.